The highest BCUT2D eigenvalue weighted by molar-refractivity contribution is 5.96. The second kappa shape index (κ2) is 4.96. The third-order valence-electron chi connectivity index (χ3n) is 3.15. The van der Waals surface area contributed by atoms with E-state index in [0.29, 0.717) is 18.8 Å². The third-order valence-corrected chi connectivity index (χ3v) is 3.15. The minimum Gasteiger partial charge on any atom is -0.495 e. The summed E-state index contributed by atoms with van der Waals surface area (Å²) in [4.78, 5) is 13.6. The number of hydrogen-bond donors (Lipinski definition) is 1. The summed E-state index contributed by atoms with van der Waals surface area (Å²) in [6.45, 7) is 2.75. The van der Waals surface area contributed by atoms with E-state index >= 15 is 0 Å². The average Bonchev–Trinajstić information content (AvgIpc) is 2.42. The number of benzene rings is 1. The van der Waals surface area contributed by atoms with Crippen LogP contribution in [0.2, 0.25) is 0 Å². The summed E-state index contributed by atoms with van der Waals surface area (Å²) >= 11 is 0. The molecule has 0 aliphatic carbocycles. The van der Waals surface area contributed by atoms with Crippen molar-refractivity contribution in [2.75, 3.05) is 31.7 Å². The van der Waals surface area contributed by atoms with Gasteiger partial charge in [0.2, 0.25) is 0 Å². The van der Waals surface area contributed by atoms with Gasteiger partial charge in [-0.05, 0) is 19.1 Å². The fraction of sp³-hybridized carbons (Fsp3) is 0.462. The summed E-state index contributed by atoms with van der Waals surface area (Å²) in [5.41, 5.74) is 5.95. The molecule has 1 saturated heterocycles. The third kappa shape index (κ3) is 2.32. The molecule has 5 nitrogen and oxygen atoms in total. The van der Waals surface area contributed by atoms with Crippen molar-refractivity contribution in [1.29, 1.82) is 0 Å². The van der Waals surface area contributed by atoms with Crippen molar-refractivity contribution in [2.45, 2.75) is 12.5 Å². The van der Waals surface area contributed by atoms with E-state index in [1.807, 2.05) is 31.2 Å². The van der Waals surface area contributed by atoms with Gasteiger partial charge in [0.1, 0.15) is 12.4 Å². The van der Waals surface area contributed by atoms with E-state index in [1.54, 1.807) is 12.0 Å². The predicted molar refractivity (Wildman–Crippen MR) is 68.8 cm³/mol. The number of rotatable bonds is 3. The van der Waals surface area contributed by atoms with Gasteiger partial charge in [-0.3, -0.25) is 4.79 Å². The van der Waals surface area contributed by atoms with E-state index in [0.717, 1.165) is 5.69 Å². The molecule has 1 aliphatic rings. The molecule has 0 spiro atoms. The topological polar surface area (TPSA) is 64.8 Å². The van der Waals surface area contributed by atoms with Gasteiger partial charge in [0.05, 0.1) is 24.9 Å². The Kier molecular flexibility index (Phi) is 3.54. The summed E-state index contributed by atoms with van der Waals surface area (Å²) in [5.74, 6) is 0.595. The smallest absolute Gasteiger partial charge is 0.253 e. The van der Waals surface area contributed by atoms with Crippen LogP contribution in [0, 0.1) is 0 Å². The summed E-state index contributed by atoms with van der Waals surface area (Å²) in [7, 11) is 1.59. The molecule has 1 amide bonds. The van der Waals surface area contributed by atoms with Gasteiger partial charge in [-0.15, -0.1) is 0 Å². The largest absolute Gasteiger partial charge is 0.495 e. The van der Waals surface area contributed by atoms with Crippen molar-refractivity contribution < 1.29 is 14.3 Å². The van der Waals surface area contributed by atoms with Gasteiger partial charge in [0, 0.05) is 6.54 Å². The molecular weight excluding hydrogens is 232 g/mol. The van der Waals surface area contributed by atoms with Gasteiger partial charge in [-0.2, -0.15) is 0 Å². The minimum absolute atomic E-state index is 0.0474. The summed E-state index contributed by atoms with van der Waals surface area (Å²) in [5, 5.41) is 0. The molecule has 2 N–H and O–H groups in total. The normalized spacial score (nSPS) is 24.2. The standard InChI is InChI=1S/C13H18N2O3/c1-13(8-14)9-15(12(16)7-18-13)10-5-3-4-6-11(10)17-2/h3-6H,7-9,14H2,1-2H3. The Morgan fingerprint density at radius 2 is 2.22 bits per heavy atom. The van der Waals surface area contributed by atoms with Crippen LogP contribution in [0.25, 0.3) is 0 Å². The molecule has 1 aromatic carbocycles. The Morgan fingerprint density at radius 1 is 1.50 bits per heavy atom. The van der Waals surface area contributed by atoms with Gasteiger partial charge in [-0.25, -0.2) is 0 Å². The van der Waals surface area contributed by atoms with Crippen molar-refractivity contribution in [3.8, 4) is 5.75 Å². The Hall–Kier alpha value is -1.59. The van der Waals surface area contributed by atoms with E-state index < -0.39 is 5.60 Å². The number of hydrogen-bond acceptors (Lipinski definition) is 4. The second-order valence-corrected chi connectivity index (χ2v) is 4.59. The lowest BCUT2D eigenvalue weighted by Gasteiger charge is -2.39. The number of para-hydroxylation sites is 2. The molecule has 18 heavy (non-hydrogen) atoms. The van der Waals surface area contributed by atoms with Crippen molar-refractivity contribution in [3.05, 3.63) is 24.3 Å². The van der Waals surface area contributed by atoms with Crippen LogP contribution < -0.4 is 15.4 Å². The van der Waals surface area contributed by atoms with Crippen LogP contribution in [0.1, 0.15) is 6.92 Å². The lowest BCUT2D eigenvalue weighted by atomic mass is 10.0. The van der Waals surface area contributed by atoms with Crippen molar-refractivity contribution in [3.63, 3.8) is 0 Å². The van der Waals surface area contributed by atoms with Crippen LogP contribution in [-0.2, 0) is 9.53 Å². The first-order valence-electron chi connectivity index (χ1n) is 5.87. The quantitative estimate of drug-likeness (QED) is 0.860. The first-order valence-corrected chi connectivity index (χ1v) is 5.87. The molecule has 0 saturated carbocycles. The SMILES string of the molecule is COc1ccccc1N1CC(C)(CN)OCC1=O. The number of amides is 1. The molecule has 1 aromatic rings. The monoisotopic (exact) mass is 250 g/mol. The maximum Gasteiger partial charge on any atom is 0.253 e. The zero-order valence-electron chi connectivity index (χ0n) is 10.7. The molecule has 1 unspecified atom stereocenters. The van der Waals surface area contributed by atoms with Gasteiger partial charge < -0.3 is 20.1 Å². The number of anilines is 1. The van der Waals surface area contributed by atoms with Crippen molar-refractivity contribution in [2.24, 2.45) is 5.73 Å². The van der Waals surface area contributed by atoms with Crippen LogP contribution in [0.3, 0.4) is 0 Å². The first-order chi connectivity index (χ1) is 8.59. The molecule has 2 rings (SSSR count). The van der Waals surface area contributed by atoms with Crippen molar-refractivity contribution in [1.82, 2.24) is 0 Å². The van der Waals surface area contributed by atoms with E-state index in [9.17, 15) is 4.79 Å². The molecule has 1 atom stereocenters. The van der Waals surface area contributed by atoms with Gasteiger partial charge in [-0.1, -0.05) is 12.1 Å². The number of nitrogens with two attached hydrogens (primary N) is 1. The van der Waals surface area contributed by atoms with E-state index in [-0.39, 0.29) is 12.5 Å². The Morgan fingerprint density at radius 3 is 2.89 bits per heavy atom. The molecule has 98 valence electrons. The minimum atomic E-state index is -0.505. The number of methoxy groups -OCH3 is 1. The fourth-order valence-electron chi connectivity index (χ4n) is 1.98. The highest BCUT2D eigenvalue weighted by Crippen LogP contribution is 2.31. The van der Waals surface area contributed by atoms with Gasteiger partial charge >= 0.3 is 0 Å². The Labute approximate surface area is 106 Å². The molecule has 0 bridgehead atoms. The van der Waals surface area contributed by atoms with E-state index in [1.165, 1.54) is 0 Å². The van der Waals surface area contributed by atoms with E-state index in [2.05, 4.69) is 0 Å². The molecule has 1 aliphatic heterocycles. The van der Waals surface area contributed by atoms with Crippen molar-refractivity contribution >= 4 is 11.6 Å². The maximum atomic E-state index is 12.0. The summed E-state index contributed by atoms with van der Waals surface area (Å²) < 4.78 is 10.8. The number of carbonyl (C=O) groups excluding carboxylic acids is 1. The number of morpholine rings is 1. The van der Waals surface area contributed by atoms with Crippen LogP contribution in [0.4, 0.5) is 5.69 Å². The Balaban J connectivity index is 2.33. The molecule has 5 heteroatoms. The van der Waals surface area contributed by atoms with Crippen LogP contribution >= 0.6 is 0 Å². The Bertz CT molecular complexity index is 450. The summed E-state index contributed by atoms with van der Waals surface area (Å²) in [6.07, 6.45) is 0. The van der Waals surface area contributed by atoms with Gasteiger partial charge in [0.15, 0.2) is 0 Å². The maximum absolute atomic E-state index is 12.0. The molecule has 1 fully saturated rings. The number of carbonyl (C=O) groups is 1. The first kappa shape index (κ1) is 12.9. The predicted octanol–water partition coefficient (Wildman–Crippen LogP) is 0.776. The van der Waals surface area contributed by atoms with Crippen LogP contribution in [-0.4, -0.2) is 38.3 Å². The zero-order chi connectivity index (χ0) is 13.2. The van der Waals surface area contributed by atoms with Crippen LogP contribution in [0.15, 0.2) is 24.3 Å². The van der Waals surface area contributed by atoms with E-state index in [4.69, 9.17) is 15.2 Å². The fourth-order valence-corrected chi connectivity index (χ4v) is 1.98. The number of nitrogens with zero attached hydrogens (tertiary/aromatic N) is 1. The number of ether oxygens (including phenoxy) is 2. The molecule has 0 aromatic heterocycles. The molecule has 1 heterocycles. The lowest BCUT2D eigenvalue weighted by molar-refractivity contribution is -0.135. The zero-order valence-corrected chi connectivity index (χ0v) is 10.7. The highest BCUT2D eigenvalue weighted by atomic mass is 16.5. The average molecular weight is 250 g/mol. The lowest BCUT2D eigenvalue weighted by Crippen LogP contribution is -2.56. The highest BCUT2D eigenvalue weighted by Gasteiger charge is 2.36. The second-order valence-electron chi connectivity index (χ2n) is 4.59. The van der Waals surface area contributed by atoms with Crippen LogP contribution in [0.5, 0.6) is 5.75 Å². The molecular formula is C13H18N2O3. The summed E-state index contributed by atoms with van der Waals surface area (Å²) in [6, 6.07) is 7.44. The van der Waals surface area contributed by atoms with Gasteiger partial charge in [0.25, 0.3) is 5.91 Å². The molecule has 0 radical (unpaired) electrons.